The fraction of sp³-hybridized carbons (Fsp3) is 1.00. The van der Waals surface area contributed by atoms with Crippen molar-refractivity contribution in [1.82, 2.24) is 0 Å². The SMILES string of the molecule is Cl.O.OC1CCC1. The highest BCUT2D eigenvalue weighted by molar-refractivity contribution is 5.85. The second-order valence-corrected chi connectivity index (χ2v) is 1.58. The predicted octanol–water partition coefficient (Wildman–Crippen LogP) is 0.128. The Bertz CT molecular complexity index is 36.7. The van der Waals surface area contributed by atoms with E-state index in [1.165, 1.54) is 6.42 Å². The van der Waals surface area contributed by atoms with Crippen molar-refractivity contribution in [2.75, 3.05) is 0 Å². The number of aliphatic hydroxyl groups excluding tert-OH is 1. The molecule has 0 bridgehead atoms. The summed E-state index contributed by atoms with van der Waals surface area (Å²) in [6.45, 7) is 0. The highest BCUT2D eigenvalue weighted by atomic mass is 35.5. The molecule has 0 aromatic rings. The van der Waals surface area contributed by atoms with Crippen LogP contribution < -0.4 is 0 Å². The molecule has 0 atom stereocenters. The Labute approximate surface area is 49.3 Å². The van der Waals surface area contributed by atoms with Crippen molar-refractivity contribution in [2.45, 2.75) is 25.4 Å². The van der Waals surface area contributed by atoms with Crippen molar-refractivity contribution < 1.29 is 10.6 Å². The van der Waals surface area contributed by atoms with Crippen LogP contribution in [0.5, 0.6) is 0 Å². The lowest BCUT2D eigenvalue weighted by Gasteiger charge is -2.17. The van der Waals surface area contributed by atoms with Gasteiger partial charge in [0.2, 0.25) is 0 Å². The lowest BCUT2D eigenvalue weighted by molar-refractivity contribution is 0.0950. The van der Waals surface area contributed by atoms with Gasteiger partial charge in [-0.3, -0.25) is 0 Å². The van der Waals surface area contributed by atoms with E-state index in [-0.39, 0.29) is 24.0 Å². The molecule has 3 heteroatoms. The van der Waals surface area contributed by atoms with Gasteiger partial charge in [0.15, 0.2) is 0 Å². The summed E-state index contributed by atoms with van der Waals surface area (Å²) >= 11 is 0. The zero-order valence-electron chi connectivity index (χ0n) is 4.05. The van der Waals surface area contributed by atoms with Gasteiger partial charge in [0.1, 0.15) is 0 Å². The minimum atomic E-state index is 0. The van der Waals surface area contributed by atoms with Crippen molar-refractivity contribution in [2.24, 2.45) is 0 Å². The topological polar surface area (TPSA) is 51.7 Å². The van der Waals surface area contributed by atoms with Crippen LogP contribution in [0.4, 0.5) is 0 Å². The lowest BCUT2D eigenvalue weighted by atomic mass is 9.97. The molecule has 0 spiro atoms. The van der Waals surface area contributed by atoms with Gasteiger partial charge in [0, 0.05) is 0 Å². The predicted molar refractivity (Wildman–Crippen MR) is 30.7 cm³/mol. The van der Waals surface area contributed by atoms with Gasteiger partial charge >= 0.3 is 0 Å². The van der Waals surface area contributed by atoms with E-state index in [0.29, 0.717) is 0 Å². The fourth-order valence-electron chi connectivity index (χ4n) is 0.387. The van der Waals surface area contributed by atoms with E-state index < -0.39 is 0 Å². The molecule has 1 saturated carbocycles. The van der Waals surface area contributed by atoms with Crippen molar-refractivity contribution >= 4 is 12.4 Å². The molecule has 1 rings (SSSR count). The van der Waals surface area contributed by atoms with Gasteiger partial charge in [-0.2, -0.15) is 0 Å². The van der Waals surface area contributed by atoms with E-state index in [1.54, 1.807) is 0 Å². The van der Waals surface area contributed by atoms with Crippen LogP contribution in [0.2, 0.25) is 0 Å². The lowest BCUT2D eigenvalue weighted by Crippen LogP contribution is -2.15. The Morgan fingerprint density at radius 3 is 1.57 bits per heavy atom. The van der Waals surface area contributed by atoms with E-state index in [9.17, 15) is 0 Å². The molecule has 0 heterocycles. The second-order valence-electron chi connectivity index (χ2n) is 1.58. The van der Waals surface area contributed by atoms with Gasteiger partial charge in [0.05, 0.1) is 6.10 Å². The molecule has 0 aromatic heterocycles. The summed E-state index contributed by atoms with van der Waals surface area (Å²) < 4.78 is 0. The maximum Gasteiger partial charge on any atom is 0.0540 e. The van der Waals surface area contributed by atoms with Crippen LogP contribution in [-0.4, -0.2) is 16.7 Å². The van der Waals surface area contributed by atoms with Crippen molar-refractivity contribution in [3.63, 3.8) is 0 Å². The smallest absolute Gasteiger partial charge is 0.0540 e. The van der Waals surface area contributed by atoms with Crippen LogP contribution in [0.15, 0.2) is 0 Å². The summed E-state index contributed by atoms with van der Waals surface area (Å²) in [6.07, 6.45) is 3.39. The monoisotopic (exact) mass is 126 g/mol. The Morgan fingerprint density at radius 2 is 1.57 bits per heavy atom. The summed E-state index contributed by atoms with van der Waals surface area (Å²) in [4.78, 5) is 0. The first-order chi connectivity index (χ1) is 2.39. The van der Waals surface area contributed by atoms with E-state index >= 15 is 0 Å². The largest absolute Gasteiger partial charge is 0.412 e. The number of hydrogen-bond acceptors (Lipinski definition) is 1. The van der Waals surface area contributed by atoms with Crippen LogP contribution >= 0.6 is 12.4 Å². The zero-order chi connectivity index (χ0) is 3.70. The van der Waals surface area contributed by atoms with Crippen LogP contribution in [0, 0.1) is 0 Å². The fourth-order valence-corrected chi connectivity index (χ4v) is 0.387. The van der Waals surface area contributed by atoms with Crippen molar-refractivity contribution in [3.8, 4) is 0 Å². The number of halogens is 1. The average Bonchev–Trinajstić information content (AvgIpc) is 1.30. The van der Waals surface area contributed by atoms with Crippen LogP contribution in [0.1, 0.15) is 19.3 Å². The molecule has 3 N–H and O–H groups in total. The highest BCUT2D eigenvalue weighted by Gasteiger charge is 2.11. The molecule has 2 nitrogen and oxygen atoms in total. The first-order valence-corrected chi connectivity index (χ1v) is 2.07. The summed E-state index contributed by atoms with van der Waals surface area (Å²) in [7, 11) is 0. The highest BCUT2D eigenvalue weighted by Crippen LogP contribution is 2.16. The Morgan fingerprint density at radius 1 is 1.29 bits per heavy atom. The van der Waals surface area contributed by atoms with Gasteiger partial charge in [0.25, 0.3) is 0 Å². The Balaban J connectivity index is 0. The molecule has 1 aliphatic carbocycles. The average molecular weight is 127 g/mol. The molecule has 0 saturated heterocycles. The zero-order valence-corrected chi connectivity index (χ0v) is 4.87. The third-order valence-corrected chi connectivity index (χ3v) is 1.07. The standard InChI is InChI=1S/C4H8O.ClH.H2O/c5-4-2-1-3-4;;/h4-5H,1-3H2;1H;1H2. The Hall–Kier alpha value is 0.210. The summed E-state index contributed by atoms with van der Waals surface area (Å²) in [6, 6.07) is 0. The van der Waals surface area contributed by atoms with E-state index in [0.717, 1.165) is 12.8 Å². The maximum atomic E-state index is 8.45. The second kappa shape index (κ2) is 4.37. The first kappa shape index (κ1) is 10.2. The van der Waals surface area contributed by atoms with Crippen molar-refractivity contribution in [1.29, 1.82) is 0 Å². The molecular weight excluding hydrogens is 115 g/mol. The molecule has 46 valence electrons. The summed E-state index contributed by atoms with van der Waals surface area (Å²) in [5, 5.41) is 8.45. The third-order valence-electron chi connectivity index (χ3n) is 1.07. The minimum absolute atomic E-state index is 0. The Kier molecular flexibility index (Phi) is 6.40. The van der Waals surface area contributed by atoms with E-state index in [2.05, 4.69) is 0 Å². The summed E-state index contributed by atoms with van der Waals surface area (Å²) in [5.74, 6) is 0. The van der Waals surface area contributed by atoms with Gasteiger partial charge in [-0.15, -0.1) is 12.4 Å². The molecular formula is C4H11ClO2. The van der Waals surface area contributed by atoms with Gasteiger partial charge < -0.3 is 10.6 Å². The van der Waals surface area contributed by atoms with Gasteiger partial charge in [-0.05, 0) is 19.3 Å². The molecule has 0 aromatic carbocycles. The quantitative estimate of drug-likeness (QED) is 0.493. The molecule has 0 radical (unpaired) electrons. The number of hydrogen-bond donors (Lipinski definition) is 1. The number of rotatable bonds is 0. The maximum absolute atomic E-state index is 8.45. The number of aliphatic hydroxyl groups is 1. The molecule has 1 fully saturated rings. The van der Waals surface area contributed by atoms with Gasteiger partial charge in [-0.25, -0.2) is 0 Å². The normalized spacial score (nSPS) is 18.4. The van der Waals surface area contributed by atoms with Crippen LogP contribution in [-0.2, 0) is 0 Å². The molecule has 0 aliphatic heterocycles. The van der Waals surface area contributed by atoms with Crippen LogP contribution in [0.25, 0.3) is 0 Å². The van der Waals surface area contributed by atoms with Crippen molar-refractivity contribution in [3.05, 3.63) is 0 Å². The third kappa shape index (κ3) is 2.85. The van der Waals surface area contributed by atoms with E-state index in [4.69, 9.17) is 5.11 Å². The molecule has 0 amide bonds. The molecule has 1 aliphatic rings. The van der Waals surface area contributed by atoms with Gasteiger partial charge in [-0.1, -0.05) is 0 Å². The van der Waals surface area contributed by atoms with Crippen LogP contribution in [0.3, 0.4) is 0 Å². The van der Waals surface area contributed by atoms with E-state index in [1.807, 2.05) is 0 Å². The molecule has 7 heavy (non-hydrogen) atoms. The first-order valence-electron chi connectivity index (χ1n) is 2.07. The minimum Gasteiger partial charge on any atom is -0.412 e. The summed E-state index contributed by atoms with van der Waals surface area (Å²) in [5.41, 5.74) is 0. The molecule has 0 unspecified atom stereocenters.